The van der Waals surface area contributed by atoms with Crippen LogP contribution in [0.2, 0.25) is 0 Å². The maximum atomic E-state index is 14.3. The molecule has 2 N–H and O–H groups in total. The molecule has 1 aromatic heterocycles. The van der Waals surface area contributed by atoms with Gasteiger partial charge in [-0.25, -0.2) is 19.0 Å². The maximum absolute atomic E-state index is 14.3. The van der Waals surface area contributed by atoms with Gasteiger partial charge in [0, 0.05) is 18.8 Å². The molecule has 1 aromatic carbocycles. The van der Waals surface area contributed by atoms with Crippen molar-refractivity contribution < 1.29 is 9.18 Å². The number of benzene rings is 1. The Morgan fingerprint density at radius 2 is 2.17 bits per heavy atom. The number of allylic oxidation sites excluding steroid dienone is 4. The molecule has 0 aliphatic heterocycles. The smallest absolute Gasteiger partial charge is 0.253 e. The van der Waals surface area contributed by atoms with Crippen LogP contribution in [-0.2, 0) is 6.42 Å². The normalized spacial score (nSPS) is 13.0. The minimum Gasteiger partial charge on any atom is -0.355 e. The number of carbonyl (C=O) groups excluding carboxylic acids is 1. The van der Waals surface area contributed by atoms with Gasteiger partial charge in [0.25, 0.3) is 5.91 Å². The molecule has 2 aromatic rings. The molecule has 1 amide bonds. The third kappa shape index (κ3) is 5.66. The van der Waals surface area contributed by atoms with Crippen molar-refractivity contribution in [2.45, 2.75) is 20.3 Å². The van der Waals surface area contributed by atoms with Gasteiger partial charge in [-0.05, 0) is 44.2 Å². The maximum Gasteiger partial charge on any atom is 0.253 e. The zero-order valence-electron chi connectivity index (χ0n) is 17.3. The van der Waals surface area contributed by atoms with Crippen molar-refractivity contribution in [1.82, 2.24) is 15.0 Å². The molecule has 0 aliphatic rings. The van der Waals surface area contributed by atoms with E-state index < -0.39 is 11.7 Å². The lowest BCUT2D eigenvalue weighted by atomic mass is 10.1. The van der Waals surface area contributed by atoms with Gasteiger partial charge in [-0.2, -0.15) is 5.10 Å². The van der Waals surface area contributed by atoms with Crippen LogP contribution in [0.5, 0.6) is 0 Å². The average Bonchev–Trinajstić information content (AvgIpc) is 3.11. The Hall–Kier alpha value is -3.68. The first-order valence-electron chi connectivity index (χ1n) is 9.36. The van der Waals surface area contributed by atoms with E-state index >= 15 is 0 Å². The lowest BCUT2D eigenvalue weighted by Gasteiger charge is -2.10. The number of imidazole rings is 1. The van der Waals surface area contributed by atoms with Crippen LogP contribution >= 0.6 is 0 Å². The second-order valence-corrected chi connectivity index (χ2v) is 6.60. The van der Waals surface area contributed by atoms with E-state index in [9.17, 15) is 9.18 Å². The Kier molecular flexibility index (Phi) is 8.10. The van der Waals surface area contributed by atoms with Gasteiger partial charge in [0.2, 0.25) is 5.95 Å². The third-order valence-electron chi connectivity index (χ3n) is 4.33. The number of aliphatic imine (C=N–C) groups is 1. The molecule has 30 heavy (non-hydrogen) atoms. The highest BCUT2D eigenvalue weighted by atomic mass is 19.1. The fraction of sp³-hybridized carbons (Fsp3) is 0.227. The molecule has 8 heteroatoms. The monoisotopic (exact) mass is 408 g/mol. The van der Waals surface area contributed by atoms with Crippen LogP contribution in [0.25, 0.3) is 0 Å². The Labute approximate surface area is 175 Å². The van der Waals surface area contributed by atoms with E-state index in [1.165, 1.54) is 25.4 Å². The second kappa shape index (κ2) is 10.8. The van der Waals surface area contributed by atoms with E-state index in [1.807, 2.05) is 12.2 Å². The molecule has 1 unspecified atom stereocenters. The van der Waals surface area contributed by atoms with Gasteiger partial charge < -0.3 is 10.7 Å². The summed E-state index contributed by atoms with van der Waals surface area (Å²) in [7, 11) is 1.45. The summed E-state index contributed by atoms with van der Waals surface area (Å²) in [4.78, 5) is 19.8. The second-order valence-electron chi connectivity index (χ2n) is 6.60. The van der Waals surface area contributed by atoms with E-state index in [0.29, 0.717) is 23.6 Å². The van der Waals surface area contributed by atoms with Crippen LogP contribution in [0, 0.1) is 17.1 Å². The molecule has 0 radical (unpaired) electrons. The number of rotatable bonds is 9. The predicted molar refractivity (Wildman–Crippen MR) is 119 cm³/mol. The van der Waals surface area contributed by atoms with E-state index in [2.05, 4.69) is 34.0 Å². The van der Waals surface area contributed by atoms with Gasteiger partial charge in [-0.15, -0.1) is 0 Å². The van der Waals surface area contributed by atoms with Gasteiger partial charge in [-0.1, -0.05) is 31.2 Å². The first-order valence-corrected chi connectivity index (χ1v) is 9.36. The molecule has 2 rings (SSSR count). The molecule has 0 bridgehead atoms. The van der Waals surface area contributed by atoms with E-state index in [-0.39, 0.29) is 11.5 Å². The molecule has 1 heterocycles. The number of hydrogen-bond acceptors (Lipinski definition) is 5. The first-order chi connectivity index (χ1) is 14.4. The SMILES string of the molecule is C=Nc1ncc(CC(C)/C=C/C=C\C=N)n1/N=C(\C)c1ccc(C(=O)NC)c(F)c1. The molecule has 0 spiro atoms. The first kappa shape index (κ1) is 22.6. The lowest BCUT2D eigenvalue weighted by Crippen LogP contribution is -2.19. The summed E-state index contributed by atoms with van der Waals surface area (Å²) in [5.41, 5.74) is 1.88. The zero-order chi connectivity index (χ0) is 22.1. The lowest BCUT2D eigenvalue weighted by molar-refractivity contribution is 0.0959. The van der Waals surface area contributed by atoms with Crippen LogP contribution in [0.15, 0.2) is 58.8 Å². The number of halogens is 1. The van der Waals surface area contributed by atoms with Gasteiger partial charge in [-0.3, -0.25) is 4.79 Å². The van der Waals surface area contributed by atoms with Crippen LogP contribution in [0.4, 0.5) is 10.3 Å². The van der Waals surface area contributed by atoms with Gasteiger partial charge >= 0.3 is 0 Å². The molecule has 0 saturated heterocycles. The molecular weight excluding hydrogens is 383 g/mol. The molecule has 0 saturated carbocycles. The number of nitrogens with zero attached hydrogens (tertiary/aromatic N) is 4. The van der Waals surface area contributed by atoms with E-state index in [1.54, 1.807) is 36.0 Å². The Balaban J connectivity index is 2.32. The fourth-order valence-corrected chi connectivity index (χ4v) is 2.76. The largest absolute Gasteiger partial charge is 0.355 e. The van der Waals surface area contributed by atoms with Crippen molar-refractivity contribution in [3.63, 3.8) is 0 Å². The number of aromatic nitrogens is 2. The average molecular weight is 408 g/mol. The summed E-state index contributed by atoms with van der Waals surface area (Å²) in [6, 6.07) is 4.35. The molecular formula is C22H25FN6O. The summed E-state index contributed by atoms with van der Waals surface area (Å²) in [5, 5.41) is 13.9. The molecule has 7 nitrogen and oxygen atoms in total. The van der Waals surface area contributed by atoms with Crippen molar-refractivity contribution in [3.8, 4) is 0 Å². The van der Waals surface area contributed by atoms with Crippen LogP contribution < -0.4 is 5.32 Å². The fourth-order valence-electron chi connectivity index (χ4n) is 2.76. The van der Waals surface area contributed by atoms with Gasteiger partial charge in [0.15, 0.2) is 0 Å². The highest BCUT2D eigenvalue weighted by Gasteiger charge is 2.14. The summed E-state index contributed by atoms with van der Waals surface area (Å²) >= 11 is 0. The number of carbonyl (C=O) groups is 1. The van der Waals surface area contributed by atoms with Crippen molar-refractivity contribution in [2.24, 2.45) is 16.0 Å². The minimum atomic E-state index is -0.619. The van der Waals surface area contributed by atoms with Crippen LogP contribution in [-0.4, -0.2) is 41.3 Å². The number of hydrogen-bond donors (Lipinski definition) is 2. The summed E-state index contributed by atoms with van der Waals surface area (Å²) in [5.74, 6) is -0.577. The molecule has 156 valence electrons. The van der Waals surface area contributed by atoms with Crippen LogP contribution in [0.1, 0.15) is 35.5 Å². The molecule has 0 aliphatic carbocycles. The predicted octanol–water partition coefficient (Wildman–Crippen LogP) is 3.93. The summed E-state index contributed by atoms with van der Waals surface area (Å²) < 4.78 is 15.9. The quantitative estimate of drug-likeness (QED) is 0.486. The van der Waals surface area contributed by atoms with Crippen molar-refractivity contribution >= 4 is 30.5 Å². The van der Waals surface area contributed by atoms with Gasteiger partial charge in [0.1, 0.15) is 5.82 Å². The Morgan fingerprint density at radius 1 is 1.40 bits per heavy atom. The number of nitrogens with one attached hydrogen (secondary N) is 2. The summed E-state index contributed by atoms with van der Waals surface area (Å²) in [6.45, 7) is 7.34. The van der Waals surface area contributed by atoms with E-state index in [0.717, 1.165) is 5.69 Å². The minimum absolute atomic E-state index is 0.0245. The van der Waals surface area contributed by atoms with Crippen molar-refractivity contribution in [1.29, 1.82) is 5.41 Å². The zero-order valence-corrected chi connectivity index (χ0v) is 17.3. The van der Waals surface area contributed by atoms with Gasteiger partial charge in [0.05, 0.1) is 23.2 Å². The Bertz CT molecular complexity index is 1020. The molecule has 1 atom stereocenters. The van der Waals surface area contributed by atoms with Crippen molar-refractivity contribution in [2.75, 3.05) is 7.05 Å². The standard InChI is InChI=1S/C22H25FN6O/c1-15(8-6-5-7-11-24)12-18-14-27-22(26-4)29(18)28-16(2)17-9-10-19(20(23)13-17)21(30)25-3/h5-11,13-15,24H,4,12H2,1-3H3,(H,25,30)/b7-5-,8-6+,24-11?,28-16+. The highest BCUT2D eigenvalue weighted by molar-refractivity contribution is 6.00. The Morgan fingerprint density at radius 3 is 2.80 bits per heavy atom. The van der Waals surface area contributed by atoms with Crippen LogP contribution in [0.3, 0.4) is 0 Å². The third-order valence-corrected chi connectivity index (χ3v) is 4.33. The number of amides is 1. The molecule has 0 fully saturated rings. The highest BCUT2D eigenvalue weighted by Crippen LogP contribution is 2.19. The van der Waals surface area contributed by atoms with Crippen molar-refractivity contribution in [3.05, 3.63) is 71.3 Å². The van der Waals surface area contributed by atoms with E-state index in [4.69, 9.17) is 5.41 Å². The summed E-state index contributed by atoms with van der Waals surface area (Å²) in [6.07, 6.45) is 10.9. The topological polar surface area (TPSA) is 95.5 Å².